The van der Waals surface area contributed by atoms with Crippen molar-refractivity contribution >= 4 is 24.2 Å². The van der Waals surface area contributed by atoms with Crippen LogP contribution >= 0.6 is 0 Å². The number of amides is 1. The van der Waals surface area contributed by atoms with Gasteiger partial charge in [0, 0.05) is 6.08 Å². The first-order chi connectivity index (χ1) is 13.8. The van der Waals surface area contributed by atoms with Gasteiger partial charge in [0.15, 0.2) is 0 Å². The van der Waals surface area contributed by atoms with Gasteiger partial charge in [-0.3, -0.25) is 0 Å². The van der Waals surface area contributed by atoms with Crippen LogP contribution < -0.4 is 5.32 Å². The highest BCUT2D eigenvalue weighted by atomic mass is 16.6. The molecular weight excluding hydrogens is 366 g/mol. The molecule has 0 spiro atoms. The molecule has 150 valence electrons. The van der Waals surface area contributed by atoms with Gasteiger partial charge in [0.1, 0.15) is 11.7 Å². The number of hydrogen-bond donors (Lipinski definition) is 1. The standard InChI is InChI=1S/C24H25NO4/c1-24(2,3)29-23(27)25-22-19-12-8-7-11-18(19)14-15-20(22)28-21(26)16-13-17-9-5-4-6-10-17/h4-16,20,22H,1-3H3,(H,25,27)/b16-13+/t20-,22+/m1/s1. The highest BCUT2D eigenvalue weighted by molar-refractivity contribution is 5.87. The van der Waals surface area contributed by atoms with Gasteiger partial charge >= 0.3 is 12.1 Å². The van der Waals surface area contributed by atoms with Gasteiger partial charge in [0.05, 0.1) is 6.04 Å². The Labute approximate surface area is 171 Å². The van der Waals surface area contributed by atoms with E-state index in [0.29, 0.717) is 0 Å². The number of ether oxygens (including phenoxy) is 2. The smallest absolute Gasteiger partial charge is 0.408 e. The summed E-state index contributed by atoms with van der Waals surface area (Å²) in [5.41, 5.74) is 2.10. The summed E-state index contributed by atoms with van der Waals surface area (Å²) >= 11 is 0. The van der Waals surface area contributed by atoms with Gasteiger partial charge in [0.2, 0.25) is 0 Å². The third kappa shape index (κ3) is 5.82. The minimum absolute atomic E-state index is 0.487. The highest BCUT2D eigenvalue weighted by Gasteiger charge is 2.31. The molecule has 0 radical (unpaired) electrons. The molecule has 5 heteroatoms. The maximum Gasteiger partial charge on any atom is 0.408 e. The van der Waals surface area contributed by atoms with E-state index in [9.17, 15) is 9.59 Å². The molecule has 1 N–H and O–H groups in total. The van der Waals surface area contributed by atoms with Crippen LogP contribution in [-0.4, -0.2) is 23.8 Å². The third-order valence-electron chi connectivity index (χ3n) is 4.26. The number of nitrogens with one attached hydrogen (secondary N) is 1. The van der Waals surface area contributed by atoms with E-state index in [1.165, 1.54) is 6.08 Å². The number of carbonyl (C=O) groups excluding carboxylic acids is 2. The van der Waals surface area contributed by atoms with E-state index in [4.69, 9.17) is 9.47 Å². The summed E-state index contributed by atoms with van der Waals surface area (Å²) in [6, 6.07) is 16.6. The first-order valence-electron chi connectivity index (χ1n) is 9.52. The van der Waals surface area contributed by atoms with E-state index < -0.39 is 29.8 Å². The Bertz CT molecular complexity index is 925. The van der Waals surface area contributed by atoms with Gasteiger partial charge in [-0.05, 0) is 49.6 Å². The predicted molar refractivity (Wildman–Crippen MR) is 113 cm³/mol. The second-order valence-electron chi connectivity index (χ2n) is 7.76. The maximum absolute atomic E-state index is 12.4. The number of rotatable bonds is 4. The van der Waals surface area contributed by atoms with Crippen LogP contribution in [-0.2, 0) is 14.3 Å². The van der Waals surface area contributed by atoms with Crippen LogP contribution in [0.1, 0.15) is 43.5 Å². The van der Waals surface area contributed by atoms with Crippen molar-refractivity contribution in [1.82, 2.24) is 5.32 Å². The lowest BCUT2D eigenvalue weighted by Crippen LogP contribution is -2.41. The second kappa shape index (κ2) is 8.78. The minimum Gasteiger partial charge on any atom is -0.452 e. The Morgan fingerprint density at radius 1 is 1.00 bits per heavy atom. The highest BCUT2D eigenvalue weighted by Crippen LogP contribution is 2.30. The summed E-state index contributed by atoms with van der Waals surface area (Å²) < 4.78 is 11.0. The number of alkyl carbamates (subject to hydrolysis) is 1. The molecule has 0 saturated heterocycles. The van der Waals surface area contributed by atoms with Crippen molar-refractivity contribution in [3.05, 3.63) is 83.4 Å². The SMILES string of the molecule is CC(C)(C)OC(=O)N[C@H]1c2ccccc2C=C[C@H]1OC(=O)/C=C/c1ccccc1. The Balaban J connectivity index is 1.76. The number of esters is 1. The average molecular weight is 391 g/mol. The molecule has 2 aromatic carbocycles. The molecule has 0 aliphatic heterocycles. The summed E-state index contributed by atoms with van der Waals surface area (Å²) in [6.45, 7) is 5.40. The Morgan fingerprint density at radius 2 is 1.69 bits per heavy atom. The van der Waals surface area contributed by atoms with Crippen molar-refractivity contribution in [3.8, 4) is 0 Å². The predicted octanol–water partition coefficient (Wildman–Crippen LogP) is 4.90. The van der Waals surface area contributed by atoms with Crippen molar-refractivity contribution in [2.45, 2.75) is 38.5 Å². The molecule has 0 fully saturated rings. The van der Waals surface area contributed by atoms with E-state index in [2.05, 4.69) is 5.32 Å². The Hall–Kier alpha value is -3.34. The molecule has 3 rings (SSSR count). The van der Waals surface area contributed by atoms with Gasteiger partial charge < -0.3 is 14.8 Å². The molecule has 0 bridgehead atoms. The monoisotopic (exact) mass is 391 g/mol. The van der Waals surface area contributed by atoms with Crippen molar-refractivity contribution in [3.63, 3.8) is 0 Å². The zero-order chi connectivity index (χ0) is 20.9. The van der Waals surface area contributed by atoms with Gasteiger partial charge in [-0.25, -0.2) is 9.59 Å². The molecule has 0 aromatic heterocycles. The molecular formula is C24H25NO4. The summed E-state index contributed by atoms with van der Waals surface area (Å²) in [4.78, 5) is 24.7. The van der Waals surface area contributed by atoms with E-state index in [1.807, 2.05) is 60.7 Å². The maximum atomic E-state index is 12.4. The number of benzene rings is 2. The van der Waals surface area contributed by atoms with E-state index >= 15 is 0 Å². The number of fused-ring (bicyclic) bond motifs is 1. The lowest BCUT2D eigenvalue weighted by Gasteiger charge is -2.31. The zero-order valence-corrected chi connectivity index (χ0v) is 16.8. The van der Waals surface area contributed by atoms with Gasteiger partial charge in [-0.15, -0.1) is 0 Å². The van der Waals surface area contributed by atoms with Crippen LogP contribution in [0, 0.1) is 0 Å². The van der Waals surface area contributed by atoms with Crippen LogP contribution in [0.25, 0.3) is 12.2 Å². The molecule has 2 atom stereocenters. The molecule has 1 aliphatic carbocycles. The quantitative estimate of drug-likeness (QED) is 0.594. The summed E-state index contributed by atoms with van der Waals surface area (Å²) in [6.07, 6.45) is 5.53. The molecule has 0 unspecified atom stereocenters. The molecule has 5 nitrogen and oxygen atoms in total. The molecule has 1 amide bonds. The van der Waals surface area contributed by atoms with Crippen LogP contribution in [0.5, 0.6) is 0 Å². The van der Waals surface area contributed by atoms with Crippen molar-refractivity contribution in [2.24, 2.45) is 0 Å². The molecule has 0 heterocycles. The van der Waals surface area contributed by atoms with Gasteiger partial charge in [-0.1, -0.05) is 60.7 Å². The molecule has 0 saturated carbocycles. The van der Waals surface area contributed by atoms with Crippen LogP contribution in [0.4, 0.5) is 4.79 Å². The fraction of sp³-hybridized carbons (Fsp3) is 0.250. The summed E-state index contributed by atoms with van der Waals surface area (Å²) in [5.74, 6) is -0.487. The van der Waals surface area contributed by atoms with E-state index in [-0.39, 0.29) is 0 Å². The molecule has 29 heavy (non-hydrogen) atoms. The zero-order valence-electron chi connectivity index (χ0n) is 16.8. The second-order valence-corrected chi connectivity index (χ2v) is 7.76. The summed E-state index contributed by atoms with van der Waals surface area (Å²) in [5, 5.41) is 2.85. The molecule has 2 aromatic rings. The normalized spacial score (nSPS) is 18.2. The average Bonchev–Trinajstić information content (AvgIpc) is 2.67. The van der Waals surface area contributed by atoms with Gasteiger partial charge in [-0.2, -0.15) is 0 Å². The fourth-order valence-corrected chi connectivity index (χ4v) is 3.04. The van der Waals surface area contributed by atoms with E-state index in [0.717, 1.165) is 16.7 Å². The van der Waals surface area contributed by atoms with Crippen molar-refractivity contribution < 1.29 is 19.1 Å². The first-order valence-corrected chi connectivity index (χ1v) is 9.52. The van der Waals surface area contributed by atoms with E-state index in [1.54, 1.807) is 32.9 Å². The Kier molecular flexibility index (Phi) is 6.17. The molecule has 1 aliphatic rings. The topological polar surface area (TPSA) is 64.6 Å². The van der Waals surface area contributed by atoms with Gasteiger partial charge in [0.25, 0.3) is 0 Å². The lowest BCUT2D eigenvalue weighted by molar-refractivity contribution is -0.142. The number of carbonyl (C=O) groups is 2. The van der Waals surface area contributed by atoms with Crippen LogP contribution in [0.2, 0.25) is 0 Å². The lowest BCUT2D eigenvalue weighted by atomic mass is 9.91. The van der Waals surface area contributed by atoms with Crippen LogP contribution in [0.3, 0.4) is 0 Å². The first kappa shape index (κ1) is 20.4. The minimum atomic E-state index is -0.648. The summed E-state index contributed by atoms with van der Waals surface area (Å²) in [7, 11) is 0. The van der Waals surface area contributed by atoms with Crippen LogP contribution in [0.15, 0.2) is 66.7 Å². The number of hydrogen-bond acceptors (Lipinski definition) is 4. The largest absolute Gasteiger partial charge is 0.452 e. The third-order valence-corrected chi connectivity index (χ3v) is 4.26. The van der Waals surface area contributed by atoms with Crippen molar-refractivity contribution in [2.75, 3.05) is 0 Å². The fourth-order valence-electron chi connectivity index (χ4n) is 3.04. The van der Waals surface area contributed by atoms with Crippen molar-refractivity contribution in [1.29, 1.82) is 0 Å². The Morgan fingerprint density at radius 3 is 2.41 bits per heavy atom.